The highest BCUT2D eigenvalue weighted by atomic mass is 35.5. The fraction of sp³-hybridized carbons (Fsp3) is 0.0667. The summed E-state index contributed by atoms with van der Waals surface area (Å²) >= 11 is 5.91. The second kappa shape index (κ2) is 6.08. The van der Waals surface area contributed by atoms with Crippen LogP contribution in [0.4, 0.5) is 17.3 Å². The van der Waals surface area contributed by atoms with Crippen LogP contribution in [-0.2, 0) is 7.05 Å². The third-order valence-electron chi connectivity index (χ3n) is 3.62. The first-order valence-electron chi connectivity index (χ1n) is 7.43. The molecule has 4 aromatic rings. The highest BCUT2D eigenvalue weighted by Gasteiger charge is 2.18. The molecule has 0 saturated carbocycles. The standard InChI is InChI=1S/C15H11ClN8O2/c1-22-8-17-12-13(18-10-4-2-9(16)3-5-10)19-15(20-14(12)22)23-7-6-11(21-23)24(25)26/h2-8H,1H3,(H,18,19,20). The molecule has 0 bridgehead atoms. The fourth-order valence-electron chi connectivity index (χ4n) is 2.38. The topological polar surface area (TPSA) is 117 Å². The van der Waals surface area contributed by atoms with E-state index < -0.39 is 4.92 Å². The zero-order valence-electron chi connectivity index (χ0n) is 13.4. The molecule has 0 aliphatic carbocycles. The van der Waals surface area contributed by atoms with Gasteiger partial charge in [-0.2, -0.15) is 9.97 Å². The summed E-state index contributed by atoms with van der Waals surface area (Å²) in [5.41, 5.74) is 1.88. The quantitative estimate of drug-likeness (QED) is 0.433. The van der Waals surface area contributed by atoms with Crippen molar-refractivity contribution in [1.82, 2.24) is 29.3 Å². The first kappa shape index (κ1) is 16.0. The van der Waals surface area contributed by atoms with E-state index in [2.05, 4.69) is 25.4 Å². The number of halogens is 1. The number of benzene rings is 1. The molecule has 3 heterocycles. The Morgan fingerprint density at radius 2 is 1.96 bits per heavy atom. The van der Waals surface area contributed by atoms with Crippen LogP contribution in [0.15, 0.2) is 42.9 Å². The van der Waals surface area contributed by atoms with E-state index in [1.165, 1.54) is 16.9 Å². The van der Waals surface area contributed by atoms with E-state index in [4.69, 9.17) is 11.6 Å². The zero-order chi connectivity index (χ0) is 18.3. The van der Waals surface area contributed by atoms with Crippen LogP contribution in [0.25, 0.3) is 17.1 Å². The van der Waals surface area contributed by atoms with Crippen LogP contribution >= 0.6 is 11.6 Å². The van der Waals surface area contributed by atoms with Crippen LogP contribution in [-0.4, -0.2) is 34.2 Å². The van der Waals surface area contributed by atoms with Crippen molar-refractivity contribution in [2.75, 3.05) is 5.32 Å². The third kappa shape index (κ3) is 2.82. The van der Waals surface area contributed by atoms with Crippen molar-refractivity contribution in [2.45, 2.75) is 0 Å². The van der Waals surface area contributed by atoms with E-state index >= 15 is 0 Å². The summed E-state index contributed by atoms with van der Waals surface area (Å²) in [6.45, 7) is 0. The molecule has 130 valence electrons. The molecule has 3 aromatic heterocycles. The Balaban J connectivity index is 1.82. The maximum Gasteiger partial charge on any atom is 0.390 e. The Bertz CT molecular complexity index is 1120. The number of nitrogens with zero attached hydrogens (tertiary/aromatic N) is 7. The third-order valence-corrected chi connectivity index (χ3v) is 3.87. The van der Waals surface area contributed by atoms with Gasteiger partial charge in [-0.25, -0.2) is 4.98 Å². The minimum absolute atomic E-state index is 0.186. The van der Waals surface area contributed by atoms with E-state index in [0.29, 0.717) is 22.0 Å². The molecule has 0 aliphatic heterocycles. The maximum atomic E-state index is 10.9. The number of rotatable bonds is 4. The van der Waals surface area contributed by atoms with E-state index in [1.807, 2.05) is 0 Å². The first-order chi connectivity index (χ1) is 12.5. The van der Waals surface area contributed by atoms with Gasteiger partial charge in [0.15, 0.2) is 17.0 Å². The monoisotopic (exact) mass is 370 g/mol. The molecule has 10 nitrogen and oxygen atoms in total. The number of hydrogen-bond donors (Lipinski definition) is 1. The Morgan fingerprint density at radius 1 is 1.19 bits per heavy atom. The van der Waals surface area contributed by atoms with Gasteiger partial charge in [-0.15, -0.1) is 4.68 Å². The first-order valence-corrected chi connectivity index (χ1v) is 7.81. The Labute approximate surface area is 151 Å². The lowest BCUT2D eigenvalue weighted by atomic mass is 10.3. The number of anilines is 2. The highest BCUT2D eigenvalue weighted by Crippen LogP contribution is 2.24. The van der Waals surface area contributed by atoms with Crippen LogP contribution in [0.3, 0.4) is 0 Å². The number of hydrogen-bond acceptors (Lipinski definition) is 7. The van der Waals surface area contributed by atoms with Crippen LogP contribution in [0, 0.1) is 10.1 Å². The van der Waals surface area contributed by atoms with Crippen LogP contribution in [0.1, 0.15) is 0 Å². The molecule has 0 atom stereocenters. The lowest BCUT2D eigenvalue weighted by Gasteiger charge is -2.08. The normalized spacial score (nSPS) is 11.0. The van der Waals surface area contributed by atoms with Gasteiger partial charge >= 0.3 is 5.82 Å². The second-order valence-electron chi connectivity index (χ2n) is 5.41. The van der Waals surface area contributed by atoms with Gasteiger partial charge in [0.25, 0.3) is 5.95 Å². The molecule has 1 aromatic carbocycles. The van der Waals surface area contributed by atoms with Gasteiger partial charge in [0.2, 0.25) is 0 Å². The van der Waals surface area contributed by atoms with Crippen molar-refractivity contribution in [3.63, 3.8) is 0 Å². The minimum atomic E-state index is -0.577. The van der Waals surface area contributed by atoms with Gasteiger partial charge in [-0.05, 0) is 29.2 Å². The average Bonchev–Trinajstić information content (AvgIpc) is 3.25. The van der Waals surface area contributed by atoms with Crippen LogP contribution in [0.2, 0.25) is 5.02 Å². The Morgan fingerprint density at radius 3 is 2.65 bits per heavy atom. The molecular formula is C15H11ClN8O2. The maximum absolute atomic E-state index is 10.9. The molecule has 0 spiro atoms. The van der Waals surface area contributed by atoms with Gasteiger partial charge in [-0.1, -0.05) is 11.6 Å². The molecule has 0 fully saturated rings. The second-order valence-corrected chi connectivity index (χ2v) is 5.84. The molecule has 0 radical (unpaired) electrons. The van der Waals surface area contributed by atoms with Crippen molar-refractivity contribution in [3.8, 4) is 5.95 Å². The number of imidazole rings is 1. The Hall–Kier alpha value is -3.53. The molecule has 0 saturated heterocycles. The predicted octanol–water partition coefficient (Wildman–Crippen LogP) is 2.85. The SMILES string of the molecule is Cn1cnc2c(Nc3ccc(Cl)cc3)nc(-n3ccc([N+](=O)[O-])n3)nc21. The number of nitro groups is 1. The summed E-state index contributed by atoms with van der Waals surface area (Å²) in [5, 5.41) is 18.5. The number of nitrogens with one attached hydrogen (secondary N) is 1. The van der Waals surface area contributed by atoms with E-state index in [9.17, 15) is 10.1 Å². The van der Waals surface area contributed by atoms with Gasteiger partial charge < -0.3 is 20.0 Å². The minimum Gasteiger partial charge on any atom is -0.358 e. The van der Waals surface area contributed by atoms with Crippen molar-refractivity contribution >= 4 is 40.1 Å². The number of aromatic nitrogens is 6. The summed E-state index contributed by atoms with van der Waals surface area (Å²) in [4.78, 5) is 23.4. The zero-order valence-corrected chi connectivity index (χ0v) is 14.1. The van der Waals surface area contributed by atoms with Crippen molar-refractivity contribution < 1.29 is 4.92 Å². The smallest absolute Gasteiger partial charge is 0.358 e. The Kier molecular flexibility index (Phi) is 3.73. The molecule has 0 unspecified atom stereocenters. The summed E-state index contributed by atoms with van der Waals surface area (Å²) < 4.78 is 2.98. The lowest BCUT2D eigenvalue weighted by molar-refractivity contribution is -0.389. The number of fused-ring (bicyclic) bond motifs is 1. The summed E-state index contributed by atoms with van der Waals surface area (Å²) in [6.07, 6.45) is 3.05. The summed E-state index contributed by atoms with van der Waals surface area (Å²) in [6, 6.07) is 8.38. The molecule has 0 amide bonds. The van der Waals surface area contributed by atoms with Gasteiger partial charge in [0.05, 0.1) is 23.7 Å². The molecule has 1 N–H and O–H groups in total. The summed E-state index contributed by atoms with van der Waals surface area (Å²) in [5.74, 6) is 0.350. The highest BCUT2D eigenvalue weighted by molar-refractivity contribution is 6.30. The van der Waals surface area contributed by atoms with E-state index in [0.717, 1.165) is 5.69 Å². The largest absolute Gasteiger partial charge is 0.390 e. The van der Waals surface area contributed by atoms with E-state index in [1.54, 1.807) is 42.2 Å². The van der Waals surface area contributed by atoms with Crippen LogP contribution in [0.5, 0.6) is 0 Å². The molecule has 26 heavy (non-hydrogen) atoms. The number of aryl methyl sites for hydroxylation is 1. The van der Waals surface area contributed by atoms with Crippen molar-refractivity contribution in [2.24, 2.45) is 7.05 Å². The average molecular weight is 371 g/mol. The summed E-state index contributed by atoms with van der Waals surface area (Å²) in [7, 11) is 1.80. The molecule has 11 heteroatoms. The predicted molar refractivity (Wildman–Crippen MR) is 94.8 cm³/mol. The fourth-order valence-corrected chi connectivity index (χ4v) is 2.50. The van der Waals surface area contributed by atoms with Crippen LogP contribution < -0.4 is 5.32 Å². The van der Waals surface area contributed by atoms with E-state index in [-0.39, 0.29) is 11.8 Å². The van der Waals surface area contributed by atoms with Gasteiger partial charge in [0.1, 0.15) is 0 Å². The van der Waals surface area contributed by atoms with Gasteiger partial charge in [-0.3, -0.25) is 0 Å². The molecule has 0 aliphatic rings. The lowest BCUT2D eigenvalue weighted by Crippen LogP contribution is -2.07. The van der Waals surface area contributed by atoms with Crippen molar-refractivity contribution in [1.29, 1.82) is 0 Å². The molecule has 4 rings (SSSR count). The van der Waals surface area contributed by atoms with Crippen molar-refractivity contribution in [3.05, 3.63) is 58.0 Å². The molecular weight excluding hydrogens is 360 g/mol. The van der Waals surface area contributed by atoms with Gasteiger partial charge in [0, 0.05) is 17.8 Å².